The number of halogens is 2. The summed E-state index contributed by atoms with van der Waals surface area (Å²) in [5, 5.41) is 1.55. The zero-order valence-electron chi connectivity index (χ0n) is 17.1. The number of anilines is 1. The minimum Gasteiger partial charge on any atom is -0.302 e. The molecule has 0 saturated heterocycles. The van der Waals surface area contributed by atoms with Crippen molar-refractivity contribution in [1.82, 2.24) is 9.88 Å². The number of hydrogen-bond donors (Lipinski definition) is 0. The predicted molar refractivity (Wildman–Crippen MR) is 125 cm³/mol. The van der Waals surface area contributed by atoms with E-state index in [-0.39, 0.29) is 5.91 Å². The summed E-state index contributed by atoms with van der Waals surface area (Å²) >= 11 is 13.9. The zero-order chi connectivity index (χ0) is 21.1. The second kappa shape index (κ2) is 9.43. The second-order valence-corrected chi connectivity index (χ2v) is 8.89. The van der Waals surface area contributed by atoms with Crippen LogP contribution in [0.1, 0.15) is 35.3 Å². The first-order valence-electron chi connectivity index (χ1n) is 9.71. The number of benzene rings is 2. The highest BCUT2D eigenvalue weighted by Crippen LogP contribution is 2.33. The lowest BCUT2D eigenvalue weighted by Gasteiger charge is -2.25. The molecule has 0 aliphatic carbocycles. The van der Waals surface area contributed by atoms with Crippen LogP contribution in [0.3, 0.4) is 0 Å². The third-order valence-electron chi connectivity index (χ3n) is 4.99. The smallest absolute Gasteiger partial charge is 0.261 e. The fourth-order valence-corrected chi connectivity index (χ4v) is 5.00. The van der Waals surface area contributed by atoms with Gasteiger partial charge in [0.2, 0.25) is 0 Å². The number of aryl methyl sites for hydroxylation is 2. The number of thiazole rings is 1. The third kappa shape index (κ3) is 4.92. The molecule has 1 heterocycles. The molecule has 3 aromatic rings. The molecule has 0 unspecified atom stereocenters. The van der Waals surface area contributed by atoms with E-state index < -0.39 is 0 Å². The molecule has 1 amide bonds. The van der Waals surface area contributed by atoms with Crippen molar-refractivity contribution in [3.8, 4) is 0 Å². The van der Waals surface area contributed by atoms with Gasteiger partial charge in [0, 0.05) is 18.1 Å². The molecule has 0 aliphatic heterocycles. The molecule has 0 spiro atoms. The normalized spacial score (nSPS) is 11.4. The number of hydrogen-bond acceptors (Lipinski definition) is 4. The average Bonchev–Trinajstić information content (AvgIpc) is 3.09. The minimum absolute atomic E-state index is 0.160. The van der Waals surface area contributed by atoms with Crippen molar-refractivity contribution < 1.29 is 4.79 Å². The summed E-state index contributed by atoms with van der Waals surface area (Å²) in [7, 11) is 0. The number of fused-ring (bicyclic) bond motifs is 1. The molecule has 29 heavy (non-hydrogen) atoms. The molecule has 154 valence electrons. The lowest BCUT2D eigenvalue weighted by Crippen LogP contribution is -2.39. The maximum Gasteiger partial charge on any atom is 0.261 e. The Morgan fingerprint density at radius 1 is 1.07 bits per heavy atom. The Hall–Kier alpha value is -1.66. The van der Waals surface area contributed by atoms with E-state index in [1.165, 1.54) is 16.9 Å². The highest BCUT2D eigenvalue weighted by atomic mass is 35.5. The van der Waals surface area contributed by atoms with Crippen LogP contribution < -0.4 is 4.90 Å². The molecule has 2 aromatic carbocycles. The molecule has 4 nitrogen and oxygen atoms in total. The van der Waals surface area contributed by atoms with Crippen molar-refractivity contribution in [2.45, 2.75) is 27.7 Å². The maximum absolute atomic E-state index is 13.4. The highest BCUT2D eigenvalue weighted by Gasteiger charge is 2.24. The number of carbonyl (C=O) groups is 1. The number of carbonyl (C=O) groups excluding carboxylic acids is 1. The first-order chi connectivity index (χ1) is 13.8. The molecule has 0 fully saturated rings. The van der Waals surface area contributed by atoms with Gasteiger partial charge in [0.1, 0.15) is 0 Å². The van der Waals surface area contributed by atoms with Crippen LogP contribution >= 0.6 is 34.5 Å². The summed E-state index contributed by atoms with van der Waals surface area (Å²) in [5.41, 5.74) is 3.68. The van der Waals surface area contributed by atoms with Crippen molar-refractivity contribution in [3.63, 3.8) is 0 Å². The second-order valence-electron chi connectivity index (χ2n) is 7.03. The van der Waals surface area contributed by atoms with Crippen molar-refractivity contribution in [2.24, 2.45) is 0 Å². The van der Waals surface area contributed by atoms with Gasteiger partial charge >= 0.3 is 0 Å². The molecule has 0 atom stereocenters. The summed E-state index contributed by atoms with van der Waals surface area (Å²) in [6.45, 7) is 11.5. The number of nitrogens with zero attached hydrogens (tertiary/aromatic N) is 3. The molecule has 7 heteroatoms. The quantitative estimate of drug-likeness (QED) is 0.430. The first-order valence-corrected chi connectivity index (χ1v) is 11.3. The van der Waals surface area contributed by atoms with E-state index >= 15 is 0 Å². The van der Waals surface area contributed by atoms with E-state index in [0.717, 1.165) is 35.4 Å². The Morgan fingerprint density at radius 3 is 2.45 bits per heavy atom. The number of rotatable bonds is 7. The Morgan fingerprint density at radius 2 is 1.79 bits per heavy atom. The van der Waals surface area contributed by atoms with Crippen molar-refractivity contribution in [2.75, 3.05) is 31.1 Å². The highest BCUT2D eigenvalue weighted by molar-refractivity contribution is 7.22. The van der Waals surface area contributed by atoms with Crippen LogP contribution in [0, 0.1) is 13.8 Å². The van der Waals surface area contributed by atoms with Crippen LogP contribution in [0.4, 0.5) is 5.13 Å². The van der Waals surface area contributed by atoms with E-state index in [1.54, 1.807) is 23.1 Å². The van der Waals surface area contributed by atoms with E-state index in [2.05, 4.69) is 44.7 Å². The fourth-order valence-electron chi connectivity index (χ4n) is 3.35. The lowest BCUT2D eigenvalue weighted by atomic mass is 10.1. The van der Waals surface area contributed by atoms with Crippen LogP contribution in [-0.4, -0.2) is 42.0 Å². The summed E-state index contributed by atoms with van der Waals surface area (Å²) in [6, 6.07) is 9.20. The van der Waals surface area contributed by atoms with Gasteiger partial charge in [0.05, 0.1) is 20.8 Å². The van der Waals surface area contributed by atoms with Gasteiger partial charge in [0.15, 0.2) is 5.13 Å². The van der Waals surface area contributed by atoms with Gasteiger partial charge in [-0.2, -0.15) is 0 Å². The van der Waals surface area contributed by atoms with E-state index in [4.69, 9.17) is 28.2 Å². The summed E-state index contributed by atoms with van der Waals surface area (Å²) in [6.07, 6.45) is 0. The monoisotopic (exact) mass is 449 g/mol. The Kier molecular flexibility index (Phi) is 7.17. The molecule has 0 bridgehead atoms. The standard InChI is InChI=1S/C22H25Cl2N3OS/c1-5-26(6-2)9-10-27(21(28)17-8-7-16(23)13-18(17)24)22-25-20-15(4)11-14(3)12-19(20)29-22/h7-8,11-13H,5-6,9-10H2,1-4H3. The van der Waals surface area contributed by atoms with E-state index in [1.807, 2.05) is 0 Å². The van der Waals surface area contributed by atoms with Crippen molar-refractivity contribution >= 4 is 55.8 Å². The minimum atomic E-state index is -0.160. The lowest BCUT2D eigenvalue weighted by molar-refractivity contribution is 0.0984. The van der Waals surface area contributed by atoms with E-state index in [9.17, 15) is 4.79 Å². The van der Waals surface area contributed by atoms with Gasteiger partial charge in [-0.3, -0.25) is 9.69 Å². The molecule has 3 rings (SSSR count). The topological polar surface area (TPSA) is 36.4 Å². The fraction of sp³-hybridized carbons (Fsp3) is 0.364. The van der Waals surface area contributed by atoms with Crippen LogP contribution in [0.15, 0.2) is 30.3 Å². The molecular formula is C22H25Cl2N3OS. The van der Waals surface area contributed by atoms with Crippen LogP contribution in [0.2, 0.25) is 10.0 Å². The van der Waals surface area contributed by atoms with Crippen LogP contribution in [-0.2, 0) is 0 Å². The number of aromatic nitrogens is 1. The van der Waals surface area contributed by atoms with Gasteiger partial charge in [0.25, 0.3) is 5.91 Å². The molecule has 0 aliphatic rings. The number of amides is 1. The van der Waals surface area contributed by atoms with Crippen LogP contribution in [0.5, 0.6) is 0 Å². The molecule has 0 radical (unpaired) electrons. The Balaban J connectivity index is 2.02. The number of likely N-dealkylation sites (N-methyl/N-ethyl adjacent to an activating group) is 1. The van der Waals surface area contributed by atoms with E-state index in [0.29, 0.717) is 27.3 Å². The zero-order valence-corrected chi connectivity index (χ0v) is 19.5. The third-order valence-corrected chi connectivity index (χ3v) is 6.56. The van der Waals surface area contributed by atoms with Crippen molar-refractivity contribution in [1.29, 1.82) is 0 Å². The molecule has 0 saturated carbocycles. The van der Waals surface area contributed by atoms with Gasteiger partial charge in [-0.05, 0) is 62.3 Å². The maximum atomic E-state index is 13.4. The predicted octanol–water partition coefficient (Wildman–Crippen LogP) is 6.21. The molecule has 0 N–H and O–H groups in total. The van der Waals surface area contributed by atoms with Crippen LogP contribution in [0.25, 0.3) is 10.2 Å². The van der Waals surface area contributed by atoms with Gasteiger partial charge in [-0.15, -0.1) is 0 Å². The summed E-state index contributed by atoms with van der Waals surface area (Å²) < 4.78 is 1.08. The Labute approximate surface area is 186 Å². The molecular weight excluding hydrogens is 425 g/mol. The van der Waals surface area contributed by atoms with Gasteiger partial charge < -0.3 is 4.90 Å². The first kappa shape index (κ1) is 22.0. The largest absolute Gasteiger partial charge is 0.302 e. The molecule has 1 aromatic heterocycles. The SMILES string of the molecule is CCN(CC)CCN(C(=O)c1ccc(Cl)cc1Cl)c1nc2c(C)cc(C)cc2s1. The summed E-state index contributed by atoms with van der Waals surface area (Å²) in [5.74, 6) is -0.160. The van der Waals surface area contributed by atoms with Gasteiger partial charge in [-0.1, -0.05) is 54.5 Å². The Bertz CT molecular complexity index is 1030. The van der Waals surface area contributed by atoms with Gasteiger partial charge in [-0.25, -0.2) is 4.98 Å². The average molecular weight is 450 g/mol. The van der Waals surface area contributed by atoms with Crippen molar-refractivity contribution in [3.05, 3.63) is 57.1 Å². The summed E-state index contributed by atoms with van der Waals surface area (Å²) in [4.78, 5) is 22.3.